The van der Waals surface area contributed by atoms with Crippen molar-refractivity contribution in [1.29, 1.82) is 0 Å². The van der Waals surface area contributed by atoms with Gasteiger partial charge in [-0.15, -0.1) is 0 Å². The minimum atomic E-state index is -1.37. The Balaban J connectivity index is 1.99. The number of carbonyl (C=O) groups excluding carboxylic acids is 1. The van der Waals surface area contributed by atoms with E-state index in [0.29, 0.717) is 6.61 Å². The minimum Gasteiger partial charge on any atom is -0.426 e. The van der Waals surface area contributed by atoms with E-state index in [1.165, 1.54) is 0 Å². The first-order valence-electron chi connectivity index (χ1n) is 8.40. The minimum absolute atomic E-state index is 0.169. The molecule has 0 bridgehead atoms. The van der Waals surface area contributed by atoms with Gasteiger partial charge in [-0.1, -0.05) is 56.1 Å². The average Bonchev–Trinajstić information content (AvgIpc) is 2.63. The van der Waals surface area contributed by atoms with Crippen LogP contribution in [0.1, 0.15) is 25.0 Å². The fourth-order valence-electron chi connectivity index (χ4n) is 2.57. The maximum atomic E-state index is 12.9. The van der Waals surface area contributed by atoms with Crippen LogP contribution in [0.5, 0.6) is 0 Å². The fraction of sp³-hybridized carbons (Fsp3) is 0.190. The third-order valence-corrected chi connectivity index (χ3v) is 4.84. The van der Waals surface area contributed by atoms with E-state index in [9.17, 15) is 4.79 Å². The fourth-order valence-corrected chi connectivity index (χ4v) is 3.09. The quantitative estimate of drug-likeness (QED) is 0.496. The van der Waals surface area contributed by atoms with Gasteiger partial charge in [0.15, 0.2) is 11.5 Å². The average molecular weight is 494 g/mol. The summed E-state index contributed by atoms with van der Waals surface area (Å²) in [4.78, 5) is 12.9. The summed E-state index contributed by atoms with van der Waals surface area (Å²) in [6, 6.07) is 15.2. The van der Waals surface area contributed by atoms with Gasteiger partial charge in [-0.2, -0.15) is 0 Å². The second-order valence-electron chi connectivity index (χ2n) is 5.95. The van der Waals surface area contributed by atoms with Crippen LogP contribution in [-0.4, -0.2) is 18.4 Å². The molecule has 0 radical (unpaired) electrons. The molecule has 0 aromatic heterocycles. The molecule has 0 saturated carbocycles. The molecule has 2 aromatic carbocycles. The molecule has 1 aliphatic heterocycles. The van der Waals surface area contributed by atoms with Crippen LogP contribution in [-0.2, 0) is 19.0 Å². The lowest BCUT2D eigenvalue weighted by atomic mass is 10.1. The Morgan fingerprint density at radius 1 is 0.889 bits per heavy atom. The SMILES string of the molecule is CCOC1(C)OC(=Cc2ccc(Br)cc2)C(=O)C(=Cc2ccc(Br)cc2)O1. The van der Waals surface area contributed by atoms with Crippen molar-refractivity contribution in [2.24, 2.45) is 0 Å². The van der Waals surface area contributed by atoms with Crippen LogP contribution in [0, 0.1) is 0 Å². The molecule has 4 nitrogen and oxygen atoms in total. The monoisotopic (exact) mass is 492 g/mol. The van der Waals surface area contributed by atoms with E-state index in [1.807, 2.05) is 55.5 Å². The van der Waals surface area contributed by atoms with Gasteiger partial charge in [0.1, 0.15) is 0 Å². The molecule has 1 fully saturated rings. The predicted octanol–water partition coefficient (Wildman–Crippen LogP) is 5.92. The predicted molar refractivity (Wildman–Crippen MR) is 111 cm³/mol. The molecule has 0 amide bonds. The Bertz CT molecular complexity index is 816. The zero-order chi connectivity index (χ0) is 19.4. The molecule has 140 valence electrons. The standard InChI is InChI=1S/C21H18Br2O4/c1-3-25-21(2)26-18(12-14-4-8-16(22)9-5-14)20(24)19(27-21)13-15-6-10-17(23)11-7-15/h4-13H,3H2,1-2H3. The Kier molecular flexibility index (Phi) is 6.19. The summed E-state index contributed by atoms with van der Waals surface area (Å²) >= 11 is 6.80. The Hall–Kier alpha value is -1.89. The molecule has 1 saturated heterocycles. The van der Waals surface area contributed by atoms with Gasteiger partial charge in [0.25, 0.3) is 5.78 Å². The van der Waals surface area contributed by atoms with Gasteiger partial charge < -0.3 is 14.2 Å². The van der Waals surface area contributed by atoms with Crippen LogP contribution in [0.25, 0.3) is 12.2 Å². The molecule has 3 rings (SSSR count). The highest BCUT2D eigenvalue weighted by Gasteiger charge is 2.41. The van der Waals surface area contributed by atoms with Gasteiger partial charge in [0.05, 0.1) is 6.61 Å². The summed E-state index contributed by atoms with van der Waals surface area (Å²) < 4.78 is 19.0. The number of ether oxygens (including phenoxy) is 3. The first-order chi connectivity index (χ1) is 12.9. The van der Waals surface area contributed by atoms with E-state index in [-0.39, 0.29) is 17.3 Å². The maximum absolute atomic E-state index is 12.9. The first kappa shape index (κ1) is 19.9. The third kappa shape index (κ3) is 5.09. The summed E-state index contributed by atoms with van der Waals surface area (Å²) in [5.41, 5.74) is 1.68. The van der Waals surface area contributed by atoms with Crippen molar-refractivity contribution in [3.63, 3.8) is 0 Å². The summed E-state index contributed by atoms with van der Waals surface area (Å²) in [6.45, 7) is 3.86. The van der Waals surface area contributed by atoms with Crippen LogP contribution in [0.15, 0.2) is 69.0 Å². The number of carbonyl (C=O) groups is 1. The zero-order valence-electron chi connectivity index (χ0n) is 14.9. The lowest BCUT2D eigenvalue weighted by Gasteiger charge is -2.35. The Morgan fingerprint density at radius 3 is 1.67 bits per heavy atom. The molecule has 0 aliphatic carbocycles. The topological polar surface area (TPSA) is 44.8 Å². The summed E-state index contributed by atoms with van der Waals surface area (Å²) in [6.07, 6.45) is 3.37. The Labute approximate surface area is 175 Å². The maximum Gasteiger partial charge on any atom is 0.368 e. The summed E-state index contributed by atoms with van der Waals surface area (Å²) in [5, 5.41) is 0. The van der Waals surface area contributed by atoms with E-state index in [1.54, 1.807) is 19.1 Å². The molecule has 2 aromatic rings. The number of halogens is 2. The van der Waals surface area contributed by atoms with E-state index >= 15 is 0 Å². The van der Waals surface area contributed by atoms with Gasteiger partial charge in [-0.25, -0.2) is 0 Å². The molecular formula is C21H18Br2O4. The second-order valence-corrected chi connectivity index (χ2v) is 7.78. The third-order valence-electron chi connectivity index (χ3n) is 3.78. The molecule has 1 aliphatic rings. The summed E-state index contributed by atoms with van der Waals surface area (Å²) in [5.74, 6) is -1.37. The number of hydrogen-bond donors (Lipinski definition) is 0. The molecule has 0 atom stereocenters. The van der Waals surface area contributed by atoms with E-state index in [4.69, 9.17) is 14.2 Å². The molecule has 0 unspecified atom stereocenters. The van der Waals surface area contributed by atoms with Gasteiger partial charge in [-0.3, -0.25) is 4.79 Å². The van der Waals surface area contributed by atoms with Gasteiger partial charge >= 0.3 is 5.97 Å². The first-order valence-corrected chi connectivity index (χ1v) is 9.98. The van der Waals surface area contributed by atoms with Crippen molar-refractivity contribution in [2.45, 2.75) is 19.8 Å². The molecule has 6 heteroatoms. The molecule has 0 spiro atoms. The van der Waals surface area contributed by atoms with Crippen LogP contribution >= 0.6 is 31.9 Å². The van der Waals surface area contributed by atoms with Crippen molar-refractivity contribution < 1.29 is 19.0 Å². The van der Waals surface area contributed by atoms with Crippen LogP contribution in [0.2, 0.25) is 0 Å². The van der Waals surface area contributed by atoms with Crippen LogP contribution in [0.4, 0.5) is 0 Å². The van der Waals surface area contributed by atoms with Crippen molar-refractivity contribution in [2.75, 3.05) is 6.61 Å². The van der Waals surface area contributed by atoms with Gasteiger partial charge in [0, 0.05) is 15.9 Å². The molecular weight excluding hydrogens is 476 g/mol. The van der Waals surface area contributed by atoms with Crippen molar-refractivity contribution in [3.8, 4) is 0 Å². The van der Waals surface area contributed by atoms with Gasteiger partial charge in [0.2, 0.25) is 0 Å². The number of benzene rings is 2. The highest BCUT2D eigenvalue weighted by molar-refractivity contribution is 9.10. The largest absolute Gasteiger partial charge is 0.426 e. The van der Waals surface area contributed by atoms with Gasteiger partial charge in [-0.05, 0) is 54.5 Å². The molecule has 1 heterocycles. The van der Waals surface area contributed by atoms with E-state index in [0.717, 1.165) is 20.1 Å². The number of ketones is 1. The molecule has 27 heavy (non-hydrogen) atoms. The second kappa shape index (κ2) is 8.42. The van der Waals surface area contributed by atoms with Crippen molar-refractivity contribution in [1.82, 2.24) is 0 Å². The van der Waals surface area contributed by atoms with Crippen molar-refractivity contribution in [3.05, 3.63) is 80.1 Å². The lowest BCUT2D eigenvalue weighted by Crippen LogP contribution is -2.42. The highest BCUT2D eigenvalue weighted by Crippen LogP contribution is 2.33. The number of Topliss-reactive ketones (excluding diaryl/α,β-unsaturated/α-hetero) is 1. The Morgan fingerprint density at radius 2 is 1.30 bits per heavy atom. The van der Waals surface area contributed by atoms with Crippen molar-refractivity contribution >= 4 is 49.8 Å². The molecule has 0 N–H and O–H groups in total. The van der Waals surface area contributed by atoms with E-state index < -0.39 is 5.97 Å². The van der Waals surface area contributed by atoms with Crippen LogP contribution in [0.3, 0.4) is 0 Å². The zero-order valence-corrected chi connectivity index (χ0v) is 18.0. The smallest absolute Gasteiger partial charge is 0.368 e. The lowest BCUT2D eigenvalue weighted by molar-refractivity contribution is -0.343. The number of hydrogen-bond acceptors (Lipinski definition) is 4. The van der Waals surface area contributed by atoms with E-state index in [2.05, 4.69) is 31.9 Å². The highest BCUT2D eigenvalue weighted by atomic mass is 79.9. The number of rotatable bonds is 4. The van der Waals surface area contributed by atoms with Crippen LogP contribution < -0.4 is 0 Å². The normalized spacial score (nSPS) is 22.6. The summed E-state index contributed by atoms with van der Waals surface area (Å²) in [7, 11) is 0.